The summed E-state index contributed by atoms with van der Waals surface area (Å²) in [5.41, 5.74) is 2.43. The van der Waals surface area contributed by atoms with Crippen LogP contribution >= 0.6 is 11.3 Å². The second-order valence-electron chi connectivity index (χ2n) is 13.1. The topological polar surface area (TPSA) is 43.6 Å². The summed E-state index contributed by atoms with van der Waals surface area (Å²) in [6, 6.07) is 31.1. The molecule has 0 spiro atoms. The molecule has 0 aliphatic carbocycles. The van der Waals surface area contributed by atoms with Crippen LogP contribution in [0, 0.1) is 0 Å². The molecule has 3 aromatic heterocycles. The number of rotatable bonds is 6. The molecule has 0 fully saturated rings. The molecule has 0 aliphatic rings. The van der Waals surface area contributed by atoms with E-state index in [0.717, 1.165) is 36.9 Å². The van der Waals surface area contributed by atoms with Gasteiger partial charge in [-0.1, -0.05) is 151 Å². The first kappa shape index (κ1) is 22.2. The number of thiophene rings is 1. The second kappa shape index (κ2) is 13.3. The first-order valence-corrected chi connectivity index (χ1v) is 18.6. The van der Waals surface area contributed by atoms with Crippen molar-refractivity contribution in [3.8, 4) is 62.1 Å². The molecule has 4 nitrogen and oxygen atoms in total. The van der Waals surface area contributed by atoms with Crippen LogP contribution in [0.5, 0.6) is 0 Å². The first-order valence-electron chi connectivity index (χ1n) is 23.8. The molecule has 0 radical (unpaired) electrons. The van der Waals surface area contributed by atoms with E-state index in [0.29, 0.717) is 22.8 Å². The molecule has 8 aromatic carbocycles. The minimum atomic E-state index is -0.700. The fraction of sp³-hybridized carbons (Fsp3) is 0. The Morgan fingerprint density at radius 2 is 1.11 bits per heavy atom. The number of fused-ring (bicyclic) bond motifs is 6. The van der Waals surface area contributed by atoms with Crippen molar-refractivity contribution >= 4 is 53.3 Å². The Labute approximate surface area is 344 Å². The van der Waals surface area contributed by atoms with Crippen LogP contribution in [0.4, 0.5) is 0 Å². The van der Waals surface area contributed by atoms with Crippen molar-refractivity contribution in [3.05, 3.63) is 194 Å². The van der Waals surface area contributed by atoms with Crippen LogP contribution in [-0.2, 0) is 0 Å². The summed E-state index contributed by atoms with van der Waals surface area (Å²) in [5.74, 6) is 0.878. The van der Waals surface area contributed by atoms with E-state index in [1.165, 1.54) is 4.57 Å². The Balaban J connectivity index is 1.29. The first-order chi connectivity index (χ1) is 32.8. The van der Waals surface area contributed by atoms with Gasteiger partial charge in [0.15, 0.2) is 17.5 Å². The van der Waals surface area contributed by atoms with Crippen LogP contribution in [0.2, 0.25) is 0 Å². The van der Waals surface area contributed by atoms with Gasteiger partial charge in [-0.3, -0.25) is 0 Å². The van der Waals surface area contributed by atoms with E-state index in [1.807, 2.05) is 97.1 Å². The molecule has 3 heterocycles. The van der Waals surface area contributed by atoms with Crippen molar-refractivity contribution in [3.63, 3.8) is 0 Å². The second-order valence-corrected chi connectivity index (χ2v) is 14.1. The summed E-state index contributed by atoms with van der Waals surface area (Å²) in [6.45, 7) is 0. The van der Waals surface area contributed by atoms with Gasteiger partial charge in [0.1, 0.15) is 0 Å². The van der Waals surface area contributed by atoms with Crippen LogP contribution in [0.15, 0.2) is 194 Å². The summed E-state index contributed by atoms with van der Waals surface area (Å²) in [7, 11) is 0. The maximum Gasteiger partial charge on any atom is 0.166 e. The van der Waals surface area contributed by atoms with Crippen LogP contribution in [0.25, 0.3) is 104 Å². The summed E-state index contributed by atoms with van der Waals surface area (Å²) < 4.78 is 111. The summed E-state index contributed by atoms with van der Waals surface area (Å²) in [6.07, 6.45) is 0. The lowest BCUT2D eigenvalue weighted by Crippen LogP contribution is -2.04. The van der Waals surface area contributed by atoms with Crippen LogP contribution in [-0.4, -0.2) is 19.5 Å². The van der Waals surface area contributed by atoms with E-state index >= 15 is 0 Å². The molecule has 0 saturated heterocycles. The zero-order valence-electron chi connectivity index (χ0n) is 41.2. The molecule has 0 aliphatic heterocycles. The Kier molecular flexibility index (Phi) is 5.27. The molecule has 0 atom stereocenters. The quantitative estimate of drug-likeness (QED) is 0.170. The highest BCUT2D eigenvalue weighted by Gasteiger charge is 2.22. The van der Waals surface area contributed by atoms with Gasteiger partial charge >= 0.3 is 0 Å². The van der Waals surface area contributed by atoms with Gasteiger partial charge in [-0.05, 0) is 64.6 Å². The molecular weight excluding hydrogens is 701 g/mol. The number of aromatic nitrogens is 4. The maximum atomic E-state index is 9.73. The SMILES string of the molecule is [2H]c1c([2H])c([2H])c(-c2c([2H])c([2H])c3c(c2[2H])c2c([2H])c([2H])c([2H])c([2H])c2n3-c2ccc(-c3ccccc3)cc2-c2nc(-c3ccccc3)nc(-c3cccc4c3sc3ccccc34)n2)c([2H])c1[2H]. The standard InChI is InChI=1S/C51H32N4S/c1-4-15-33(16-5-1)36-27-29-45-42(31-36)38-21-10-12-25-44(38)55(45)46-30-28-37(34-17-6-2-7-18-34)32-43(46)51-53-49(35-19-8-3-9-20-35)52-50(54-51)41-24-14-23-40-39-22-11-13-26-47(39)56-48(40)41/h1-32H/i1D,4D,5D,10D,12D,15D,16D,21D,25D,27D,29D,31D. The third-order valence-electron chi connectivity index (χ3n) is 9.81. The van der Waals surface area contributed by atoms with E-state index in [1.54, 1.807) is 17.4 Å². The maximum absolute atomic E-state index is 9.73. The van der Waals surface area contributed by atoms with E-state index < -0.39 is 83.6 Å². The summed E-state index contributed by atoms with van der Waals surface area (Å²) in [5, 5.41) is 1.78. The molecule has 0 bridgehead atoms. The normalized spacial score (nSPS) is 14.6. The zero-order valence-corrected chi connectivity index (χ0v) is 30.1. The van der Waals surface area contributed by atoms with Gasteiger partial charge in [-0.15, -0.1) is 11.3 Å². The zero-order chi connectivity index (χ0) is 47.4. The number of para-hydroxylation sites is 1. The van der Waals surface area contributed by atoms with Crippen LogP contribution < -0.4 is 0 Å². The highest BCUT2D eigenvalue weighted by molar-refractivity contribution is 7.26. The van der Waals surface area contributed by atoms with E-state index in [-0.39, 0.29) is 33.3 Å². The van der Waals surface area contributed by atoms with Gasteiger partial charge in [0, 0.05) is 47.6 Å². The predicted octanol–water partition coefficient (Wildman–Crippen LogP) is 13.7. The lowest BCUT2D eigenvalue weighted by Gasteiger charge is -2.16. The number of hydrogen-bond acceptors (Lipinski definition) is 4. The van der Waals surface area contributed by atoms with Crippen molar-refractivity contribution in [2.45, 2.75) is 0 Å². The van der Waals surface area contributed by atoms with Crippen molar-refractivity contribution < 1.29 is 16.4 Å². The Morgan fingerprint density at radius 1 is 0.429 bits per heavy atom. The molecule has 5 heteroatoms. The van der Waals surface area contributed by atoms with Gasteiger partial charge in [0.25, 0.3) is 0 Å². The molecule has 0 N–H and O–H groups in total. The number of hydrogen-bond donors (Lipinski definition) is 0. The minimum Gasteiger partial charge on any atom is -0.309 e. The van der Waals surface area contributed by atoms with Gasteiger partial charge in [0.2, 0.25) is 0 Å². The average molecular weight is 745 g/mol. The van der Waals surface area contributed by atoms with Crippen molar-refractivity contribution in [1.29, 1.82) is 0 Å². The molecule has 11 aromatic rings. The Morgan fingerprint density at radius 3 is 1.95 bits per heavy atom. The van der Waals surface area contributed by atoms with Gasteiger partial charge in [-0.25, -0.2) is 15.0 Å². The molecule has 0 amide bonds. The Bertz CT molecular complexity index is 3920. The molecule has 56 heavy (non-hydrogen) atoms. The van der Waals surface area contributed by atoms with E-state index in [2.05, 4.69) is 18.2 Å². The van der Waals surface area contributed by atoms with Crippen molar-refractivity contribution in [2.24, 2.45) is 0 Å². The number of benzene rings is 8. The average Bonchev–Trinajstić information content (AvgIpc) is 3.94. The third-order valence-corrected chi connectivity index (χ3v) is 11.0. The van der Waals surface area contributed by atoms with E-state index in [4.69, 9.17) is 24.5 Å². The van der Waals surface area contributed by atoms with Gasteiger partial charge in [-0.2, -0.15) is 0 Å². The molecular formula is C51H32N4S. The molecule has 0 saturated carbocycles. The van der Waals surface area contributed by atoms with Crippen LogP contribution in [0.1, 0.15) is 16.4 Å². The summed E-state index contributed by atoms with van der Waals surface area (Å²) in [4.78, 5) is 15.4. The fourth-order valence-corrected chi connectivity index (χ4v) is 8.44. The van der Waals surface area contributed by atoms with Crippen LogP contribution in [0.3, 0.4) is 0 Å². The van der Waals surface area contributed by atoms with Crippen molar-refractivity contribution in [2.75, 3.05) is 0 Å². The largest absolute Gasteiger partial charge is 0.309 e. The molecule has 0 unspecified atom stereocenters. The lowest BCUT2D eigenvalue weighted by molar-refractivity contribution is 1.07. The third kappa shape index (κ3) is 5.40. The fourth-order valence-electron chi connectivity index (χ4n) is 7.23. The van der Waals surface area contributed by atoms with Gasteiger partial charge in [0.05, 0.1) is 33.2 Å². The molecule has 262 valence electrons. The minimum absolute atomic E-state index is 0.119. The van der Waals surface area contributed by atoms with Gasteiger partial charge < -0.3 is 4.57 Å². The number of nitrogens with zero attached hydrogens (tertiary/aromatic N) is 4. The van der Waals surface area contributed by atoms with E-state index in [9.17, 15) is 6.85 Å². The predicted molar refractivity (Wildman–Crippen MR) is 234 cm³/mol. The highest BCUT2D eigenvalue weighted by Crippen LogP contribution is 2.42. The van der Waals surface area contributed by atoms with Crippen molar-refractivity contribution in [1.82, 2.24) is 19.5 Å². The summed E-state index contributed by atoms with van der Waals surface area (Å²) >= 11 is 1.62. The smallest absolute Gasteiger partial charge is 0.166 e. The Hall–Kier alpha value is -7.21. The monoisotopic (exact) mass is 744 g/mol. The lowest BCUT2D eigenvalue weighted by atomic mass is 10.0. The molecule has 11 rings (SSSR count). The highest BCUT2D eigenvalue weighted by atomic mass is 32.1.